The van der Waals surface area contributed by atoms with Crippen molar-refractivity contribution in [2.24, 2.45) is 0 Å². The number of pyridine rings is 1. The fourth-order valence-corrected chi connectivity index (χ4v) is 2.63. The van der Waals surface area contributed by atoms with E-state index in [2.05, 4.69) is 20.0 Å². The summed E-state index contributed by atoms with van der Waals surface area (Å²) in [7, 11) is -3.79. The van der Waals surface area contributed by atoms with Crippen LogP contribution in [0.25, 0.3) is 0 Å². The van der Waals surface area contributed by atoms with E-state index in [9.17, 15) is 8.42 Å². The lowest BCUT2D eigenvalue weighted by atomic mass is 10.4. The molecule has 8 heteroatoms. The van der Waals surface area contributed by atoms with Crippen molar-refractivity contribution in [1.29, 1.82) is 0 Å². The van der Waals surface area contributed by atoms with Gasteiger partial charge in [0.15, 0.2) is 0 Å². The molecule has 2 aromatic rings. The molecule has 0 aliphatic rings. The largest absolute Gasteiger partial charge is 0.431 e. The number of hydrogen-bond donors (Lipinski definition) is 2. The van der Waals surface area contributed by atoms with Gasteiger partial charge in [0, 0.05) is 18.9 Å². The highest BCUT2D eigenvalue weighted by molar-refractivity contribution is 7.92. The lowest BCUT2D eigenvalue weighted by Gasteiger charge is -2.11. The minimum atomic E-state index is -3.79. The Morgan fingerprint density at radius 1 is 1.40 bits per heavy atom. The van der Waals surface area contributed by atoms with E-state index in [-0.39, 0.29) is 10.9 Å². The van der Waals surface area contributed by atoms with Crippen molar-refractivity contribution in [1.82, 2.24) is 9.97 Å². The van der Waals surface area contributed by atoms with E-state index in [4.69, 9.17) is 4.42 Å². The van der Waals surface area contributed by atoms with Gasteiger partial charge in [-0.05, 0) is 19.4 Å². The van der Waals surface area contributed by atoms with E-state index in [1.807, 2.05) is 6.92 Å². The van der Waals surface area contributed by atoms with Crippen LogP contribution in [0.3, 0.4) is 0 Å². The van der Waals surface area contributed by atoms with Crippen molar-refractivity contribution in [3.63, 3.8) is 0 Å². The number of anilines is 2. The molecule has 0 aromatic carbocycles. The standard InChI is InChI=1S/C12H16N4O3S/c1-3-5-14-10-4-6-13-7-11(10)20(17,18)16-12-15-9(2)8-19-12/h4,6-8H,3,5H2,1-2H3,(H,13,14)(H,15,16). The van der Waals surface area contributed by atoms with Gasteiger partial charge in [-0.2, -0.15) is 4.98 Å². The molecular weight excluding hydrogens is 280 g/mol. The summed E-state index contributed by atoms with van der Waals surface area (Å²) in [5.74, 6) is 0. The molecule has 7 nitrogen and oxygen atoms in total. The fourth-order valence-electron chi connectivity index (χ4n) is 1.57. The molecule has 108 valence electrons. The van der Waals surface area contributed by atoms with Crippen LogP contribution in [0.4, 0.5) is 11.7 Å². The summed E-state index contributed by atoms with van der Waals surface area (Å²) in [4.78, 5) is 7.83. The van der Waals surface area contributed by atoms with Gasteiger partial charge in [-0.25, -0.2) is 13.1 Å². The molecule has 0 saturated carbocycles. The quantitative estimate of drug-likeness (QED) is 0.846. The topological polar surface area (TPSA) is 97.1 Å². The van der Waals surface area contributed by atoms with Gasteiger partial charge in [0.25, 0.3) is 10.0 Å². The van der Waals surface area contributed by atoms with Crippen LogP contribution in [-0.4, -0.2) is 24.9 Å². The Morgan fingerprint density at radius 3 is 2.85 bits per heavy atom. The number of hydrogen-bond acceptors (Lipinski definition) is 6. The van der Waals surface area contributed by atoms with Crippen LogP contribution in [0.15, 0.2) is 34.0 Å². The van der Waals surface area contributed by atoms with Crippen molar-refractivity contribution >= 4 is 21.7 Å². The molecule has 2 N–H and O–H groups in total. The SMILES string of the molecule is CCCNc1ccncc1S(=O)(=O)Nc1nc(C)co1. The van der Waals surface area contributed by atoms with Gasteiger partial charge in [0.1, 0.15) is 11.2 Å². The number of aryl methyl sites for hydroxylation is 1. The molecular formula is C12H16N4O3S. The second-order valence-corrected chi connectivity index (χ2v) is 5.85. The van der Waals surface area contributed by atoms with E-state index in [0.717, 1.165) is 6.42 Å². The van der Waals surface area contributed by atoms with Gasteiger partial charge in [0.05, 0.1) is 11.4 Å². The molecule has 0 unspecified atom stereocenters. The third-order valence-corrected chi connectivity index (χ3v) is 3.83. The Hall–Kier alpha value is -2.09. The Balaban J connectivity index is 2.29. The van der Waals surface area contributed by atoms with Crippen LogP contribution >= 0.6 is 0 Å². The van der Waals surface area contributed by atoms with Crippen molar-refractivity contribution in [3.05, 3.63) is 30.4 Å². The highest BCUT2D eigenvalue weighted by atomic mass is 32.2. The fraction of sp³-hybridized carbons (Fsp3) is 0.333. The summed E-state index contributed by atoms with van der Waals surface area (Å²) in [6.45, 7) is 4.38. The third kappa shape index (κ3) is 3.27. The van der Waals surface area contributed by atoms with Gasteiger partial charge in [-0.3, -0.25) is 4.98 Å². The van der Waals surface area contributed by atoms with Crippen molar-refractivity contribution in [2.75, 3.05) is 16.6 Å². The van der Waals surface area contributed by atoms with Crippen molar-refractivity contribution < 1.29 is 12.8 Å². The number of aromatic nitrogens is 2. The molecule has 0 aliphatic carbocycles. The minimum Gasteiger partial charge on any atom is -0.431 e. The highest BCUT2D eigenvalue weighted by Crippen LogP contribution is 2.22. The second-order valence-electron chi connectivity index (χ2n) is 4.20. The first-order valence-corrected chi connectivity index (χ1v) is 7.64. The maximum absolute atomic E-state index is 12.3. The first-order chi connectivity index (χ1) is 9.53. The van der Waals surface area contributed by atoms with Crippen LogP contribution in [0, 0.1) is 6.92 Å². The molecule has 2 rings (SSSR count). The van der Waals surface area contributed by atoms with Gasteiger partial charge in [-0.1, -0.05) is 6.92 Å². The molecule has 20 heavy (non-hydrogen) atoms. The minimum absolute atomic E-state index is 0.0595. The average molecular weight is 296 g/mol. The number of oxazole rings is 1. The van der Waals surface area contributed by atoms with Gasteiger partial charge in [-0.15, -0.1) is 0 Å². The number of rotatable bonds is 6. The Kier molecular flexibility index (Phi) is 4.23. The molecule has 0 fully saturated rings. The Morgan fingerprint density at radius 2 is 2.20 bits per heavy atom. The van der Waals surface area contributed by atoms with Crippen LogP contribution in [0.5, 0.6) is 0 Å². The van der Waals surface area contributed by atoms with Crippen LogP contribution in [0.2, 0.25) is 0 Å². The molecule has 0 bridgehead atoms. The molecule has 0 amide bonds. The Bertz CT molecular complexity index is 682. The zero-order chi connectivity index (χ0) is 14.6. The average Bonchev–Trinajstić information content (AvgIpc) is 2.81. The lowest BCUT2D eigenvalue weighted by Crippen LogP contribution is -2.16. The van der Waals surface area contributed by atoms with E-state index < -0.39 is 10.0 Å². The van der Waals surface area contributed by atoms with E-state index in [0.29, 0.717) is 17.9 Å². The number of nitrogens with one attached hydrogen (secondary N) is 2. The molecule has 0 saturated heterocycles. The zero-order valence-corrected chi connectivity index (χ0v) is 12.1. The summed E-state index contributed by atoms with van der Waals surface area (Å²) in [5, 5.41) is 3.05. The maximum Gasteiger partial charge on any atom is 0.309 e. The molecule has 2 heterocycles. The smallest absolute Gasteiger partial charge is 0.309 e. The van der Waals surface area contributed by atoms with Gasteiger partial charge >= 0.3 is 6.01 Å². The van der Waals surface area contributed by atoms with E-state index in [1.54, 1.807) is 13.0 Å². The molecule has 0 spiro atoms. The summed E-state index contributed by atoms with van der Waals surface area (Å²) >= 11 is 0. The summed E-state index contributed by atoms with van der Waals surface area (Å²) in [6, 6.07) is 1.55. The van der Waals surface area contributed by atoms with E-state index in [1.165, 1.54) is 18.7 Å². The lowest BCUT2D eigenvalue weighted by molar-refractivity contribution is 0.569. The third-order valence-electron chi connectivity index (χ3n) is 2.48. The van der Waals surface area contributed by atoms with Gasteiger partial charge in [0.2, 0.25) is 0 Å². The van der Waals surface area contributed by atoms with Crippen molar-refractivity contribution in [2.45, 2.75) is 25.2 Å². The zero-order valence-electron chi connectivity index (χ0n) is 11.3. The molecule has 2 aromatic heterocycles. The molecule has 0 aliphatic heterocycles. The van der Waals surface area contributed by atoms with Gasteiger partial charge < -0.3 is 9.73 Å². The number of sulfonamides is 1. The predicted molar refractivity (Wildman–Crippen MR) is 75.1 cm³/mol. The van der Waals surface area contributed by atoms with Crippen LogP contribution in [-0.2, 0) is 10.0 Å². The normalized spacial score (nSPS) is 11.3. The summed E-state index contributed by atoms with van der Waals surface area (Å²) in [6.07, 6.45) is 5.08. The molecule has 0 atom stereocenters. The van der Waals surface area contributed by atoms with Crippen LogP contribution < -0.4 is 10.0 Å². The summed E-state index contributed by atoms with van der Waals surface area (Å²) < 4.78 is 31.9. The first-order valence-electron chi connectivity index (χ1n) is 6.16. The van der Waals surface area contributed by atoms with E-state index >= 15 is 0 Å². The summed E-state index contributed by atoms with van der Waals surface area (Å²) in [5.41, 5.74) is 1.09. The first kappa shape index (κ1) is 14.3. The van der Waals surface area contributed by atoms with Crippen molar-refractivity contribution in [3.8, 4) is 0 Å². The monoisotopic (exact) mass is 296 g/mol. The second kappa shape index (κ2) is 5.91. The van der Waals surface area contributed by atoms with Crippen LogP contribution in [0.1, 0.15) is 19.0 Å². The number of nitrogens with zero attached hydrogens (tertiary/aromatic N) is 2. The predicted octanol–water partition coefficient (Wildman–Crippen LogP) is 2.00. The highest BCUT2D eigenvalue weighted by Gasteiger charge is 2.20. The maximum atomic E-state index is 12.3. The Labute approximate surface area is 117 Å². The molecule has 0 radical (unpaired) electrons.